The van der Waals surface area contributed by atoms with Crippen molar-refractivity contribution in [1.29, 1.82) is 0 Å². The molecule has 32 heavy (non-hydrogen) atoms. The molecular formula is C22H17ClF3N5O. The molecule has 0 fully saturated rings. The van der Waals surface area contributed by atoms with Crippen molar-refractivity contribution in [2.75, 3.05) is 6.54 Å². The van der Waals surface area contributed by atoms with Gasteiger partial charge >= 0.3 is 0 Å². The van der Waals surface area contributed by atoms with Gasteiger partial charge in [0, 0.05) is 18.2 Å². The van der Waals surface area contributed by atoms with E-state index in [9.17, 15) is 13.2 Å². The van der Waals surface area contributed by atoms with Crippen LogP contribution < -0.4 is 5.32 Å². The Bertz CT molecular complexity index is 1230. The van der Waals surface area contributed by atoms with Crippen molar-refractivity contribution in [3.05, 3.63) is 88.9 Å². The van der Waals surface area contributed by atoms with Crippen LogP contribution in [0.5, 0.6) is 0 Å². The van der Waals surface area contributed by atoms with Gasteiger partial charge in [0.25, 0.3) is 0 Å². The number of hydrogen-bond acceptors (Lipinski definition) is 4. The first-order valence-corrected chi connectivity index (χ1v) is 9.86. The second-order valence-corrected chi connectivity index (χ2v) is 7.49. The normalized spacial score (nSPS) is 18.3. The first kappa shape index (κ1) is 21.6. The molecule has 0 saturated heterocycles. The van der Waals surface area contributed by atoms with Crippen LogP contribution in [0.15, 0.2) is 92.7 Å². The highest BCUT2D eigenvalue weighted by Crippen LogP contribution is 2.30. The Morgan fingerprint density at radius 2 is 2.12 bits per heavy atom. The van der Waals surface area contributed by atoms with Crippen LogP contribution in [0, 0.1) is 6.92 Å². The number of guanidine groups is 1. The number of nitrogens with one attached hydrogen (secondary N) is 1. The summed E-state index contributed by atoms with van der Waals surface area (Å²) in [5.41, 5.74) is 2.91. The number of nitrogens with zero attached hydrogens (tertiary/aromatic N) is 4. The number of rotatable bonds is 4. The number of benzene rings is 1. The molecule has 1 aromatic carbocycles. The molecule has 2 aromatic rings. The second kappa shape index (κ2) is 8.88. The minimum atomic E-state index is -1.49. The minimum Gasteiger partial charge on any atom is -0.423 e. The van der Waals surface area contributed by atoms with Crippen LogP contribution >= 0.6 is 11.6 Å². The predicted molar refractivity (Wildman–Crippen MR) is 116 cm³/mol. The fourth-order valence-electron chi connectivity index (χ4n) is 3.06. The maximum atomic E-state index is 13.9. The predicted octanol–water partition coefficient (Wildman–Crippen LogP) is 5.87. The van der Waals surface area contributed by atoms with Gasteiger partial charge in [0.15, 0.2) is 11.7 Å². The summed E-state index contributed by atoms with van der Waals surface area (Å²) in [7, 11) is 0. The Labute approximate surface area is 186 Å². The minimum absolute atomic E-state index is 0.0612. The molecular weight excluding hydrogens is 443 g/mol. The molecule has 1 aromatic heterocycles. The number of allylic oxidation sites excluding steroid dienone is 5. The Morgan fingerprint density at radius 1 is 1.31 bits per heavy atom. The van der Waals surface area contributed by atoms with Crippen molar-refractivity contribution in [3.63, 3.8) is 0 Å². The summed E-state index contributed by atoms with van der Waals surface area (Å²) < 4.78 is 46.3. The van der Waals surface area contributed by atoms with Crippen LogP contribution in [0.4, 0.5) is 18.9 Å². The summed E-state index contributed by atoms with van der Waals surface area (Å²) in [6.45, 7) is 5.79. The van der Waals surface area contributed by atoms with Gasteiger partial charge in [0.2, 0.25) is 18.2 Å². The van der Waals surface area contributed by atoms with Gasteiger partial charge in [-0.05, 0) is 36.3 Å². The molecule has 0 bridgehead atoms. The molecule has 2 aliphatic rings. The van der Waals surface area contributed by atoms with Gasteiger partial charge in [-0.15, -0.1) is 10.2 Å². The lowest BCUT2D eigenvalue weighted by Gasteiger charge is -2.29. The van der Waals surface area contributed by atoms with E-state index in [-0.39, 0.29) is 13.0 Å². The van der Waals surface area contributed by atoms with Gasteiger partial charge in [-0.25, -0.2) is 18.2 Å². The molecule has 2 heterocycles. The largest absolute Gasteiger partial charge is 0.423 e. The zero-order chi connectivity index (χ0) is 22.8. The molecule has 0 amide bonds. The van der Waals surface area contributed by atoms with Crippen LogP contribution in [0.2, 0.25) is 0 Å². The Hall–Kier alpha value is -3.59. The van der Waals surface area contributed by atoms with Gasteiger partial charge in [-0.3, -0.25) is 0 Å². The van der Waals surface area contributed by atoms with Crippen LogP contribution in [0.1, 0.15) is 12.0 Å². The van der Waals surface area contributed by atoms with Crippen molar-refractivity contribution >= 4 is 23.2 Å². The monoisotopic (exact) mass is 459 g/mol. The number of aryl methyl sites for hydroxylation is 1. The smallest absolute Gasteiger partial charge is 0.247 e. The molecule has 6 nitrogen and oxygen atoms in total. The lowest BCUT2D eigenvalue weighted by atomic mass is 10.1. The summed E-state index contributed by atoms with van der Waals surface area (Å²) in [4.78, 5) is 6.27. The van der Waals surface area contributed by atoms with Gasteiger partial charge in [0.1, 0.15) is 5.83 Å². The van der Waals surface area contributed by atoms with E-state index in [1.54, 1.807) is 17.2 Å². The SMILES string of the molecule is C=C1NC(=Nc2cc(-c3nnco3)ccc2C)N(CC2=CCC(F)=C(F)C(F)=C2)C=C1Cl. The second-order valence-electron chi connectivity index (χ2n) is 7.08. The molecule has 1 N–H and O–H groups in total. The molecule has 164 valence electrons. The molecule has 0 saturated carbocycles. The Balaban J connectivity index is 1.69. The van der Waals surface area contributed by atoms with Crippen LogP contribution in [0.3, 0.4) is 0 Å². The van der Waals surface area contributed by atoms with Crippen molar-refractivity contribution in [1.82, 2.24) is 20.4 Å². The third-order valence-electron chi connectivity index (χ3n) is 4.79. The topological polar surface area (TPSA) is 66.5 Å². The lowest BCUT2D eigenvalue weighted by molar-refractivity contribution is 0.488. The van der Waals surface area contributed by atoms with E-state index in [2.05, 4.69) is 27.1 Å². The molecule has 0 radical (unpaired) electrons. The van der Waals surface area contributed by atoms with Gasteiger partial charge < -0.3 is 14.6 Å². The summed E-state index contributed by atoms with van der Waals surface area (Å²) >= 11 is 6.22. The fraction of sp³-hybridized carbons (Fsp3) is 0.136. The molecule has 10 heteroatoms. The van der Waals surface area contributed by atoms with Gasteiger partial charge in [-0.2, -0.15) is 0 Å². The molecule has 1 aliphatic heterocycles. The molecule has 0 atom stereocenters. The number of aliphatic imine (C=N–C) groups is 1. The van der Waals surface area contributed by atoms with E-state index in [1.807, 2.05) is 19.1 Å². The standard InChI is InChI=1S/C22H17ClF3N5O/c1-12-3-5-15(21-30-27-11-32-21)8-19(12)29-22-28-13(2)16(23)10-31(22)9-14-4-6-17(24)20(26)18(25)7-14/h3-5,7-8,10-11H,2,6,9H2,1H3,(H,28,29). The van der Waals surface area contributed by atoms with Gasteiger partial charge in [0.05, 0.1) is 23.0 Å². The Kier molecular flexibility index (Phi) is 6.00. The average molecular weight is 460 g/mol. The fourth-order valence-corrected chi connectivity index (χ4v) is 3.23. The van der Waals surface area contributed by atoms with E-state index in [0.29, 0.717) is 39.4 Å². The zero-order valence-corrected chi connectivity index (χ0v) is 17.6. The van der Waals surface area contributed by atoms with E-state index in [0.717, 1.165) is 11.6 Å². The maximum Gasteiger partial charge on any atom is 0.247 e. The number of halogens is 4. The highest BCUT2D eigenvalue weighted by molar-refractivity contribution is 6.32. The highest BCUT2D eigenvalue weighted by Gasteiger charge is 2.22. The van der Waals surface area contributed by atoms with E-state index >= 15 is 0 Å². The third kappa shape index (κ3) is 4.52. The van der Waals surface area contributed by atoms with E-state index in [4.69, 9.17) is 16.0 Å². The summed E-state index contributed by atoms with van der Waals surface area (Å²) in [6.07, 6.45) is 4.80. The Morgan fingerprint density at radius 3 is 2.88 bits per heavy atom. The lowest BCUT2D eigenvalue weighted by Crippen LogP contribution is -2.41. The zero-order valence-electron chi connectivity index (χ0n) is 16.9. The first-order valence-electron chi connectivity index (χ1n) is 9.48. The summed E-state index contributed by atoms with van der Waals surface area (Å²) in [5.74, 6) is -3.23. The number of hydrogen-bond donors (Lipinski definition) is 1. The molecule has 0 spiro atoms. The van der Waals surface area contributed by atoms with Gasteiger partial charge in [-0.1, -0.05) is 30.3 Å². The van der Waals surface area contributed by atoms with Crippen molar-refractivity contribution < 1.29 is 17.6 Å². The number of aromatic nitrogens is 2. The quantitative estimate of drug-likeness (QED) is 0.619. The van der Waals surface area contributed by atoms with Crippen LogP contribution in [0.25, 0.3) is 11.5 Å². The van der Waals surface area contributed by atoms with Crippen molar-refractivity contribution in [3.8, 4) is 11.5 Å². The third-order valence-corrected chi connectivity index (χ3v) is 5.12. The van der Waals surface area contributed by atoms with Crippen LogP contribution in [-0.2, 0) is 0 Å². The van der Waals surface area contributed by atoms with Crippen molar-refractivity contribution in [2.45, 2.75) is 13.3 Å². The van der Waals surface area contributed by atoms with E-state index in [1.165, 1.54) is 12.5 Å². The summed E-state index contributed by atoms with van der Waals surface area (Å²) in [5, 5.41) is 10.9. The maximum absolute atomic E-state index is 13.9. The molecule has 4 rings (SSSR count). The average Bonchev–Trinajstić information content (AvgIpc) is 3.27. The van der Waals surface area contributed by atoms with Crippen molar-refractivity contribution in [2.24, 2.45) is 4.99 Å². The van der Waals surface area contributed by atoms with E-state index < -0.39 is 17.5 Å². The highest BCUT2D eigenvalue weighted by atomic mass is 35.5. The van der Waals surface area contributed by atoms with Crippen LogP contribution in [-0.4, -0.2) is 27.6 Å². The molecule has 0 unspecified atom stereocenters. The summed E-state index contributed by atoms with van der Waals surface area (Å²) in [6, 6.07) is 5.46. The first-order chi connectivity index (χ1) is 15.3. The molecule has 1 aliphatic carbocycles.